The molecule has 0 aliphatic heterocycles. The molecule has 0 aliphatic rings. The van der Waals surface area contributed by atoms with Gasteiger partial charge >= 0.3 is 6.18 Å². The second-order valence-electron chi connectivity index (χ2n) is 4.05. The highest BCUT2D eigenvalue weighted by molar-refractivity contribution is 7.89. The van der Waals surface area contributed by atoms with Gasteiger partial charge in [0.2, 0.25) is 0 Å². The van der Waals surface area contributed by atoms with E-state index in [1.807, 2.05) is 0 Å². The number of rotatable bonds is 4. The van der Waals surface area contributed by atoms with E-state index in [1.165, 1.54) is 25.3 Å². The molecule has 0 aliphatic carbocycles. The van der Waals surface area contributed by atoms with Gasteiger partial charge in [-0.15, -0.1) is 0 Å². The second-order valence-corrected chi connectivity index (χ2v) is 5.70. The Kier molecular flexibility index (Phi) is 3.69. The van der Waals surface area contributed by atoms with Crippen LogP contribution in [0.25, 0.3) is 11.0 Å². The largest absolute Gasteiger partial charge is 0.404 e. The lowest BCUT2D eigenvalue weighted by Gasteiger charge is -2.19. The third-order valence-corrected chi connectivity index (χ3v) is 4.11. The maximum Gasteiger partial charge on any atom is 0.404 e. The highest BCUT2D eigenvalue weighted by Gasteiger charge is 2.41. The fraction of sp³-hybridized carbons (Fsp3) is 0.400. The predicted octanol–water partition coefficient (Wildman–Crippen LogP) is 1.58. The fourth-order valence-corrected chi connectivity index (χ4v) is 3.07. The van der Waals surface area contributed by atoms with Crippen molar-refractivity contribution in [3.63, 3.8) is 0 Å². The zero-order chi connectivity index (χ0) is 15.0. The zero-order valence-corrected chi connectivity index (χ0v) is 11.1. The standard InChI is InChI=1S/C10H11F3N4O2S/c1-2-7(10(11,12)13)17-20(18,19)9-6-4-3-5-14-8(6)15-16-9/h3-5,7,17H,2H2,1H3,(H,14,15,16)/t7-/m0/s1. The smallest absolute Gasteiger partial charge is 0.263 e. The summed E-state index contributed by atoms with van der Waals surface area (Å²) >= 11 is 0. The number of hydrogen-bond donors (Lipinski definition) is 2. The summed E-state index contributed by atoms with van der Waals surface area (Å²) in [5.74, 6) is 0. The third-order valence-electron chi connectivity index (χ3n) is 2.66. The number of nitrogens with one attached hydrogen (secondary N) is 2. The first kappa shape index (κ1) is 14.7. The lowest BCUT2D eigenvalue weighted by Crippen LogP contribution is -2.44. The van der Waals surface area contributed by atoms with Gasteiger partial charge < -0.3 is 0 Å². The summed E-state index contributed by atoms with van der Waals surface area (Å²) in [4.78, 5) is 3.81. The normalized spacial score (nSPS) is 14.6. The summed E-state index contributed by atoms with van der Waals surface area (Å²) in [5.41, 5.74) is 0.118. The lowest BCUT2D eigenvalue weighted by atomic mass is 10.2. The molecule has 0 spiro atoms. The van der Waals surface area contributed by atoms with Crippen LogP contribution in [0.2, 0.25) is 0 Å². The summed E-state index contributed by atoms with van der Waals surface area (Å²) in [5, 5.41) is 5.56. The molecule has 2 aromatic heterocycles. The lowest BCUT2D eigenvalue weighted by molar-refractivity contribution is -0.151. The van der Waals surface area contributed by atoms with Crippen molar-refractivity contribution in [2.45, 2.75) is 30.6 Å². The molecule has 2 aromatic rings. The summed E-state index contributed by atoms with van der Waals surface area (Å²) < 4.78 is 63.6. The van der Waals surface area contributed by atoms with Gasteiger partial charge in [0.25, 0.3) is 10.0 Å². The van der Waals surface area contributed by atoms with Gasteiger partial charge in [-0.05, 0) is 18.6 Å². The Morgan fingerprint density at radius 2 is 2.15 bits per heavy atom. The molecular formula is C10H11F3N4O2S. The predicted molar refractivity (Wildman–Crippen MR) is 64.3 cm³/mol. The summed E-state index contributed by atoms with van der Waals surface area (Å²) in [6.07, 6.45) is -3.67. The number of sulfonamides is 1. The summed E-state index contributed by atoms with van der Waals surface area (Å²) in [6, 6.07) is 0.731. The van der Waals surface area contributed by atoms with Crippen molar-refractivity contribution in [3.8, 4) is 0 Å². The van der Waals surface area contributed by atoms with E-state index in [2.05, 4.69) is 15.2 Å². The van der Waals surface area contributed by atoms with E-state index in [-0.39, 0.29) is 11.0 Å². The van der Waals surface area contributed by atoms with Gasteiger partial charge in [0, 0.05) is 6.20 Å². The summed E-state index contributed by atoms with van der Waals surface area (Å²) in [6.45, 7) is 1.24. The number of fused-ring (bicyclic) bond motifs is 1. The van der Waals surface area contributed by atoms with E-state index in [9.17, 15) is 21.6 Å². The number of H-pyrrole nitrogens is 1. The third kappa shape index (κ3) is 2.75. The van der Waals surface area contributed by atoms with Crippen molar-refractivity contribution >= 4 is 21.1 Å². The van der Waals surface area contributed by atoms with E-state index in [0.29, 0.717) is 0 Å². The molecule has 2 N–H and O–H groups in total. The van der Waals surface area contributed by atoms with Crippen LogP contribution in [0.4, 0.5) is 13.2 Å². The molecule has 6 nitrogen and oxygen atoms in total. The van der Waals surface area contributed by atoms with Crippen LogP contribution in [0.3, 0.4) is 0 Å². The zero-order valence-electron chi connectivity index (χ0n) is 10.3. The number of alkyl halides is 3. The first-order chi connectivity index (χ1) is 9.25. The van der Waals surface area contributed by atoms with Crippen molar-refractivity contribution in [2.24, 2.45) is 0 Å². The fourth-order valence-electron chi connectivity index (χ4n) is 1.66. The maximum absolute atomic E-state index is 12.6. The van der Waals surface area contributed by atoms with Crippen LogP contribution in [0, 0.1) is 0 Å². The van der Waals surface area contributed by atoms with Gasteiger partial charge in [-0.3, -0.25) is 5.10 Å². The molecular weight excluding hydrogens is 297 g/mol. The minimum atomic E-state index is -4.66. The molecule has 110 valence electrons. The topological polar surface area (TPSA) is 87.7 Å². The average Bonchev–Trinajstić information content (AvgIpc) is 2.79. The van der Waals surface area contributed by atoms with Crippen molar-refractivity contribution in [1.29, 1.82) is 0 Å². The van der Waals surface area contributed by atoms with E-state index < -0.39 is 33.7 Å². The van der Waals surface area contributed by atoms with Crippen molar-refractivity contribution in [1.82, 2.24) is 19.9 Å². The van der Waals surface area contributed by atoms with Gasteiger partial charge in [0.05, 0.1) is 5.39 Å². The monoisotopic (exact) mass is 308 g/mol. The highest BCUT2D eigenvalue weighted by Crippen LogP contribution is 2.25. The van der Waals surface area contributed by atoms with E-state index in [0.717, 1.165) is 0 Å². The van der Waals surface area contributed by atoms with Crippen molar-refractivity contribution in [3.05, 3.63) is 18.3 Å². The van der Waals surface area contributed by atoms with Crippen molar-refractivity contribution in [2.75, 3.05) is 0 Å². The van der Waals surface area contributed by atoms with Gasteiger partial charge in [-0.1, -0.05) is 6.92 Å². The molecule has 0 radical (unpaired) electrons. The Hall–Kier alpha value is -1.68. The molecule has 0 fully saturated rings. The first-order valence-corrected chi connectivity index (χ1v) is 7.12. The Labute approximate surface area is 112 Å². The molecule has 0 aromatic carbocycles. The number of aromatic amines is 1. The van der Waals surface area contributed by atoms with Crippen molar-refractivity contribution < 1.29 is 21.6 Å². The Bertz CT molecular complexity index is 711. The minimum Gasteiger partial charge on any atom is -0.263 e. The molecule has 0 amide bonds. The van der Waals surface area contributed by atoms with Crippen LogP contribution >= 0.6 is 0 Å². The van der Waals surface area contributed by atoms with Crippen LogP contribution in [-0.2, 0) is 10.0 Å². The maximum atomic E-state index is 12.6. The van der Waals surface area contributed by atoms with Crippen LogP contribution < -0.4 is 4.72 Å². The molecule has 10 heteroatoms. The molecule has 2 heterocycles. The van der Waals surface area contributed by atoms with Crippen LogP contribution in [0.1, 0.15) is 13.3 Å². The van der Waals surface area contributed by atoms with Gasteiger partial charge in [-0.2, -0.15) is 23.0 Å². The number of aromatic nitrogens is 3. The molecule has 0 saturated carbocycles. The van der Waals surface area contributed by atoms with Gasteiger partial charge in [0.15, 0.2) is 10.7 Å². The van der Waals surface area contributed by atoms with E-state index >= 15 is 0 Å². The average molecular weight is 308 g/mol. The molecule has 20 heavy (non-hydrogen) atoms. The summed E-state index contributed by atoms with van der Waals surface area (Å²) in [7, 11) is -4.37. The number of halogens is 3. The minimum absolute atomic E-state index is 0.118. The Morgan fingerprint density at radius 3 is 2.75 bits per heavy atom. The second kappa shape index (κ2) is 5.02. The van der Waals surface area contributed by atoms with Crippen LogP contribution in [0.15, 0.2) is 23.4 Å². The number of hydrogen-bond acceptors (Lipinski definition) is 4. The number of pyridine rings is 1. The first-order valence-electron chi connectivity index (χ1n) is 5.64. The quantitative estimate of drug-likeness (QED) is 0.897. The van der Waals surface area contributed by atoms with E-state index in [1.54, 1.807) is 4.72 Å². The SMILES string of the molecule is CC[C@H](NS(=O)(=O)c1[nH]nc2ncccc12)C(F)(F)F. The van der Waals surface area contributed by atoms with E-state index in [4.69, 9.17) is 0 Å². The Morgan fingerprint density at radius 1 is 1.45 bits per heavy atom. The van der Waals surface area contributed by atoms with Gasteiger partial charge in [0.1, 0.15) is 6.04 Å². The van der Waals surface area contributed by atoms with Gasteiger partial charge in [-0.25, -0.2) is 13.4 Å². The molecule has 1 atom stereocenters. The molecule has 0 saturated heterocycles. The van der Waals surface area contributed by atoms with Crippen LogP contribution in [0.5, 0.6) is 0 Å². The molecule has 0 unspecified atom stereocenters. The Balaban J connectivity index is 2.40. The highest BCUT2D eigenvalue weighted by atomic mass is 32.2. The molecule has 2 rings (SSSR count). The molecule has 0 bridgehead atoms. The number of nitrogens with zero attached hydrogens (tertiary/aromatic N) is 2. The van der Waals surface area contributed by atoms with Crippen LogP contribution in [-0.4, -0.2) is 35.8 Å².